The van der Waals surface area contributed by atoms with Crippen LogP contribution >= 0.6 is 0 Å². The molecule has 2 aliphatic rings. The second-order valence-electron chi connectivity index (χ2n) is 6.91. The predicted molar refractivity (Wildman–Crippen MR) is 83.7 cm³/mol. The Labute approximate surface area is 127 Å². The predicted octanol–water partition coefficient (Wildman–Crippen LogP) is 4.27. The molecule has 0 saturated heterocycles. The summed E-state index contributed by atoms with van der Waals surface area (Å²) in [6, 6.07) is 2.64. The normalized spacial score (nSPS) is 29.5. The van der Waals surface area contributed by atoms with Gasteiger partial charge in [0.2, 0.25) is 0 Å². The van der Waals surface area contributed by atoms with E-state index < -0.39 is 0 Å². The second kappa shape index (κ2) is 6.87. The summed E-state index contributed by atoms with van der Waals surface area (Å²) in [5.74, 6) is 1.60. The van der Waals surface area contributed by atoms with Crippen LogP contribution in [0.4, 0.5) is 4.39 Å². The van der Waals surface area contributed by atoms with Gasteiger partial charge in [0.1, 0.15) is 5.82 Å². The average molecular weight is 290 g/mol. The van der Waals surface area contributed by atoms with Crippen molar-refractivity contribution < 1.29 is 4.39 Å². The maximum atomic E-state index is 14.2. The van der Waals surface area contributed by atoms with E-state index in [-0.39, 0.29) is 5.82 Å². The fourth-order valence-electron chi connectivity index (χ4n) is 3.91. The van der Waals surface area contributed by atoms with Crippen LogP contribution in [-0.4, -0.2) is 17.6 Å². The van der Waals surface area contributed by atoms with Crippen LogP contribution in [0.3, 0.4) is 0 Å². The molecule has 0 aromatic carbocycles. The molecule has 3 unspecified atom stereocenters. The fraction of sp³-hybridized carbons (Fsp3) is 0.722. The van der Waals surface area contributed by atoms with Crippen molar-refractivity contribution in [2.45, 2.75) is 63.8 Å². The molecule has 2 saturated carbocycles. The Hall–Kier alpha value is -0.960. The molecule has 1 N–H and O–H groups in total. The van der Waals surface area contributed by atoms with Crippen LogP contribution in [0.25, 0.3) is 0 Å². The van der Waals surface area contributed by atoms with Crippen molar-refractivity contribution in [3.05, 3.63) is 29.8 Å². The van der Waals surface area contributed by atoms with E-state index in [0.29, 0.717) is 11.8 Å². The molecule has 2 aliphatic carbocycles. The van der Waals surface area contributed by atoms with E-state index in [4.69, 9.17) is 0 Å². The van der Waals surface area contributed by atoms with Crippen LogP contribution < -0.4 is 5.32 Å². The molecule has 1 aromatic heterocycles. The van der Waals surface area contributed by atoms with Gasteiger partial charge in [-0.05, 0) is 61.6 Å². The number of nitrogens with zero attached hydrogens (tertiary/aromatic N) is 1. The molecule has 2 fully saturated rings. The maximum absolute atomic E-state index is 14.2. The first-order valence-corrected chi connectivity index (χ1v) is 8.60. The van der Waals surface area contributed by atoms with Gasteiger partial charge in [-0.1, -0.05) is 26.2 Å². The topological polar surface area (TPSA) is 24.9 Å². The summed E-state index contributed by atoms with van der Waals surface area (Å²) in [6.07, 6.45) is 12.0. The lowest BCUT2D eigenvalue weighted by atomic mass is 9.70. The Morgan fingerprint density at radius 3 is 2.86 bits per heavy atom. The molecule has 21 heavy (non-hydrogen) atoms. The highest BCUT2D eigenvalue weighted by Gasteiger charge is 2.33. The Morgan fingerprint density at radius 1 is 1.29 bits per heavy atom. The molecule has 116 valence electrons. The van der Waals surface area contributed by atoms with E-state index in [1.54, 1.807) is 6.20 Å². The van der Waals surface area contributed by atoms with Gasteiger partial charge in [-0.25, -0.2) is 4.39 Å². The third kappa shape index (κ3) is 3.82. The zero-order valence-electron chi connectivity index (χ0n) is 13.0. The van der Waals surface area contributed by atoms with E-state index in [9.17, 15) is 4.39 Å². The molecular formula is C18H27FN2. The highest BCUT2D eigenvalue weighted by Crippen LogP contribution is 2.42. The van der Waals surface area contributed by atoms with Gasteiger partial charge in [-0.15, -0.1) is 0 Å². The van der Waals surface area contributed by atoms with Crippen molar-refractivity contribution in [1.29, 1.82) is 0 Å². The highest BCUT2D eigenvalue weighted by molar-refractivity contribution is 5.20. The number of hydrogen-bond donors (Lipinski definition) is 1. The Kier molecular flexibility index (Phi) is 4.89. The monoisotopic (exact) mass is 290 g/mol. The standard InChI is InChI=1S/C18H27FN2/c1-2-3-13-4-5-14(11-21-15-6-7-15)17(10-13)16-8-9-20-12-18(16)19/h8-9,12-15,17,21H,2-7,10-11H2,1H3. The summed E-state index contributed by atoms with van der Waals surface area (Å²) in [7, 11) is 0. The average Bonchev–Trinajstić information content (AvgIpc) is 3.31. The Bertz CT molecular complexity index is 458. The number of pyridine rings is 1. The van der Waals surface area contributed by atoms with Crippen molar-refractivity contribution >= 4 is 0 Å². The van der Waals surface area contributed by atoms with Gasteiger partial charge in [-0.2, -0.15) is 0 Å². The van der Waals surface area contributed by atoms with Gasteiger partial charge in [-0.3, -0.25) is 4.98 Å². The number of halogens is 1. The largest absolute Gasteiger partial charge is 0.314 e. The quantitative estimate of drug-likeness (QED) is 0.846. The molecule has 2 nitrogen and oxygen atoms in total. The molecule has 0 bridgehead atoms. The lowest BCUT2D eigenvalue weighted by molar-refractivity contribution is 0.216. The SMILES string of the molecule is CCCC1CCC(CNC2CC2)C(c2ccncc2F)C1. The van der Waals surface area contributed by atoms with Gasteiger partial charge >= 0.3 is 0 Å². The summed E-state index contributed by atoms with van der Waals surface area (Å²) in [5, 5.41) is 3.65. The van der Waals surface area contributed by atoms with Crippen LogP contribution in [0.15, 0.2) is 18.5 Å². The maximum Gasteiger partial charge on any atom is 0.144 e. The highest BCUT2D eigenvalue weighted by atomic mass is 19.1. The van der Waals surface area contributed by atoms with Crippen molar-refractivity contribution in [3.63, 3.8) is 0 Å². The molecule has 0 radical (unpaired) electrons. The van der Waals surface area contributed by atoms with Gasteiger partial charge in [0.05, 0.1) is 6.20 Å². The zero-order valence-corrected chi connectivity index (χ0v) is 13.0. The summed E-state index contributed by atoms with van der Waals surface area (Å²) in [6.45, 7) is 3.30. The van der Waals surface area contributed by atoms with E-state index >= 15 is 0 Å². The smallest absolute Gasteiger partial charge is 0.144 e. The second-order valence-corrected chi connectivity index (χ2v) is 6.91. The number of nitrogens with one attached hydrogen (secondary N) is 1. The third-order valence-corrected chi connectivity index (χ3v) is 5.25. The first kappa shape index (κ1) is 15.0. The molecular weight excluding hydrogens is 263 g/mol. The number of hydrogen-bond acceptors (Lipinski definition) is 2. The van der Waals surface area contributed by atoms with Crippen molar-refractivity contribution in [3.8, 4) is 0 Å². The van der Waals surface area contributed by atoms with Gasteiger partial charge in [0, 0.05) is 12.2 Å². The van der Waals surface area contributed by atoms with Crippen molar-refractivity contribution in [1.82, 2.24) is 10.3 Å². The minimum atomic E-state index is -0.115. The molecule has 0 aliphatic heterocycles. The molecule has 1 heterocycles. The molecule has 3 rings (SSSR count). The minimum Gasteiger partial charge on any atom is -0.314 e. The fourth-order valence-corrected chi connectivity index (χ4v) is 3.91. The molecule has 0 amide bonds. The minimum absolute atomic E-state index is 0.115. The molecule has 1 aromatic rings. The van der Waals surface area contributed by atoms with Crippen LogP contribution in [0.1, 0.15) is 63.4 Å². The Morgan fingerprint density at radius 2 is 2.14 bits per heavy atom. The van der Waals surface area contributed by atoms with Crippen LogP contribution in [0.5, 0.6) is 0 Å². The van der Waals surface area contributed by atoms with Crippen LogP contribution in [0, 0.1) is 17.7 Å². The summed E-state index contributed by atoms with van der Waals surface area (Å²) >= 11 is 0. The molecule has 3 atom stereocenters. The van der Waals surface area contributed by atoms with Gasteiger partial charge in [0.15, 0.2) is 0 Å². The van der Waals surface area contributed by atoms with E-state index in [2.05, 4.69) is 17.2 Å². The summed E-state index contributed by atoms with van der Waals surface area (Å²) in [5.41, 5.74) is 0.897. The van der Waals surface area contributed by atoms with Gasteiger partial charge < -0.3 is 5.32 Å². The Balaban J connectivity index is 1.72. The molecule has 0 spiro atoms. The molecule has 3 heteroatoms. The summed E-state index contributed by atoms with van der Waals surface area (Å²) in [4.78, 5) is 3.91. The van der Waals surface area contributed by atoms with E-state index in [0.717, 1.165) is 30.5 Å². The van der Waals surface area contributed by atoms with Crippen molar-refractivity contribution in [2.75, 3.05) is 6.54 Å². The summed E-state index contributed by atoms with van der Waals surface area (Å²) < 4.78 is 14.2. The number of aromatic nitrogens is 1. The van der Waals surface area contributed by atoms with Crippen molar-refractivity contribution in [2.24, 2.45) is 11.8 Å². The third-order valence-electron chi connectivity index (χ3n) is 5.25. The lowest BCUT2D eigenvalue weighted by Crippen LogP contribution is -2.33. The first-order valence-electron chi connectivity index (χ1n) is 8.60. The first-order chi connectivity index (χ1) is 10.3. The van der Waals surface area contributed by atoms with E-state index in [1.165, 1.54) is 44.7 Å². The lowest BCUT2D eigenvalue weighted by Gasteiger charge is -2.37. The number of rotatable bonds is 6. The van der Waals surface area contributed by atoms with Gasteiger partial charge in [0.25, 0.3) is 0 Å². The van der Waals surface area contributed by atoms with E-state index in [1.807, 2.05) is 6.07 Å². The van der Waals surface area contributed by atoms with Crippen LogP contribution in [0.2, 0.25) is 0 Å². The van der Waals surface area contributed by atoms with Crippen LogP contribution in [-0.2, 0) is 0 Å². The zero-order chi connectivity index (χ0) is 14.7.